The molecule has 3 N–H and O–H groups in total. The van der Waals surface area contributed by atoms with Gasteiger partial charge in [-0.25, -0.2) is 4.98 Å². The first-order chi connectivity index (χ1) is 15.6. The number of nitrogens with zero attached hydrogens (tertiary/aromatic N) is 5. The summed E-state index contributed by atoms with van der Waals surface area (Å²) in [5.41, 5.74) is 0.986. The number of fused-ring (bicyclic) bond motifs is 3. The molecule has 2 fully saturated rings. The Balaban J connectivity index is 1.38. The Kier molecular flexibility index (Phi) is 5.95. The van der Waals surface area contributed by atoms with Crippen molar-refractivity contribution in [1.82, 2.24) is 25.1 Å². The lowest BCUT2D eigenvalue weighted by Crippen LogP contribution is -2.47. The predicted molar refractivity (Wildman–Crippen MR) is 125 cm³/mol. The number of rotatable bonds is 8. The first kappa shape index (κ1) is 21.1. The standard InChI is InChI=1S/C22H28N8OS/c1-13-8-19(29-28-13)25-20-18-11-17(12-31-2)32-21(18)27-22(26-20)24-14-9-15-4-5-16(10-14)30(15)7-3-6-23/h8,11,14-16H,3-5,7,9-10,12H2,1-2H3,(H3,24,25,26,27,28,29). The molecule has 2 unspecified atom stereocenters. The Hall–Kier alpha value is -2.74. The molecular weight excluding hydrogens is 424 g/mol. The summed E-state index contributed by atoms with van der Waals surface area (Å²) in [6, 6.07) is 7.76. The zero-order valence-electron chi connectivity index (χ0n) is 18.4. The Morgan fingerprint density at radius 3 is 2.78 bits per heavy atom. The summed E-state index contributed by atoms with van der Waals surface area (Å²) in [5.74, 6) is 2.13. The second kappa shape index (κ2) is 9.02. The lowest BCUT2D eigenvalue weighted by atomic mass is 9.97. The van der Waals surface area contributed by atoms with Gasteiger partial charge in [-0.05, 0) is 38.7 Å². The van der Waals surface area contributed by atoms with Crippen LogP contribution in [-0.4, -0.2) is 56.8 Å². The number of ether oxygens (including phenoxy) is 1. The molecule has 2 saturated heterocycles. The first-order valence-electron chi connectivity index (χ1n) is 11.1. The third-order valence-corrected chi connectivity index (χ3v) is 7.38. The minimum Gasteiger partial charge on any atom is -0.379 e. The second-order valence-electron chi connectivity index (χ2n) is 8.67. The van der Waals surface area contributed by atoms with Crippen LogP contribution in [0.15, 0.2) is 12.1 Å². The molecule has 0 spiro atoms. The molecule has 2 atom stereocenters. The molecule has 9 nitrogen and oxygen atoms in total. The zero-order valence-corrected chi connectivity index (χ0v) is 19.2. The van der Waals surface area contributed by atoms with Crippen molar-refractivity contribution in [3.05, 3.63) is 22.7 Å². The predicted octanol–water partition coefficient (Wildman–Crippen LogP) is 3.93. The Bertz CT molecular complexity index is 1120. The maximum atomic E-state index is 8.97. The fourth-order valence-corrected chi connectivity index (χ4v) is 6.07. The molecule has 32 heavy (non-hydrogen) atoms. The van der Waals surface area contributed by atoms with Crippen LogP contribution in [0.3, 0.4) is 0 Å². The largest absolute Gasteiger partial charge is 0.379 e. The molecule has 0 aliphatic carbocycles. The van der Waals surface area contributed by atoms with Gasteiger partial charge < -0.3 is 15.4 Å². The number of aromatic amines is 1. The van der Waals surface area contributed by atoms with Crippen LogP contribution in [-0.2, 0) is 11.3 Å². The Morgan fingerprint density at radius 2 is 2.09 bits per heavy atom. The van der Waals surface area contributed by atoms with E-state index in [1.807, 2.05) is 13.0 Å². The third kappa shape index (κ3) is 4.28. The number of nitrogens with one attached hydrogen (secondary N) is 3. The van der Waals surface area contributed by atoms with E-state index >= 15 is 0 Å². The van der Waals surface area contributed by atoms with Gasteiger partial charge in [-0.15, -0.1) is 11.3 Å². The van der Waals surface area contributed by atoms with E-state index in [1.165, 1.54) is 12.8 Å². The van der Waals surface area contributed by atoms with Crippen LogP contribution >= 0.6 is 11.3 Å². The van der Waals surface area contributed by atoms with E-state index in [4.69, 9.17) is 20.0 Å². The second-order valence-corrected chi connectivity index (χ2v) is 9.78. The van der Waals surface area contributed by atoms with E-state index < -0.39 is 0 Å². The van der Waals surface area contributed by atoms with Gasteiger partial charge >= 0.3 is 0 Å². The van der Waals surface area contributed by atoms with Crippen molar-refractivity contribution in [3.8, 4) is 6.07 Å². The summed E-state index contributed by atoms with van der Waals surface area (Å²) in [6.45, 7) is 3.41. The lowest BCUT2D eigenvalue weighted by Gasteiger charge is -2.38. The number of methoxy groups -OCH3 is 1. The first-order valence-corrected chi connectivity index (χ1v) is 11.9. The summed E-state index contributed by atoms with van der Waals surface area (Å²) in [6.07, 6.45) is 5.15. The highest BCUT2D eigenvalue weighted by Crippen LogP contribution is 2.37. The summed E-state index contributed by atoms with van der Waals surface area (Å²) in [7, 11) is 1.70. The minimum atomic E-state index is 0.335. The quantitative estimate of drug-likeness (QED) is 0.471. The van der Waals surface area contributed by atoms with Gasteiger partial charge in [0.15, 0.2) is 5.82 Å². The molecule has 0 radical (unpaired) electrons. The van der Waals surface area contributed by atoms with E-state index in [2.05, 4.69) is 37.9 Å². The van der Waals surface area contributed by atoms with E-state index in [9.17, 15) is 0 Å². The van der Waals surface area contributed by atoms with Crippen molar-refractivity contribution >= 4 is 39.1 Å². The molecule has 168 valence electrons. The van der Waals surface area contributed by atoms with Crippen LogP contribution < -0.4 is 10.6 Å². The van der Waals surface area contributed by atoms with Crippen molar-refractivity contribution in [2.75, 3.05) is 24.3 Å². The van der Waals surface area contributed by atoms with Gasteiger partial charge in [0.05, 0.1) is 18.1 Å². The third-order valence-electron chi connectivity index (χ3n) is 6.38. The summed E-state index contributed by atoms with van der Waals surface area (Å²) < 4.78 is 5.32. The fourth-order valence-electron chi connectivity index (χ4n) is 5.07. The van der Waals surface area contributed by atoms with E-state index in [0.717, 1.165) is 51.8 Å². The number of aromatic nitrogens is 4. The molecule has 0 saturated carbocycles. The molecule has 3 aromatic heterocycles. The molecule has 10 heteroatoms. The number of nitriles is 1. The van der Waals surface area contributed by atoms with E-state index in [1.54, 1.807) is 18.4 Å². The maximum Gasteiger partial charge on any atom is 0.226 e. The summed E-state index contributed by atoms with van der Waals surface area (Å²) in [4.78, 5) is 14.2. The molecule has 3 aromatic rings. The van der Waals surface area contributed by atoms with Gasteiger partial charge in [-0.3, -0.25) is 10.00 Å². The molecular formula is C22H28N8OS. The molecule has 2 aliphatic rings. The average Bonchev–Trinajstić information content (AvgIpc) is 3.42. The number of hydrogen-bond donors (Lipinski definition) is 3. The fraction of sp³-hybridized carbons (Fsp3) is 0.545. The van der Waals surface area contributed by atoms with Gasteiger partial charge in [0, 0.05) is 54.8 Å². The van der Waals surface area contributed by atoms with Crippen LogP contribution in [0.1, 0.15) is 42.7 Å². The van der Waals surface area contributed by atoms with Crippen LogP contribution in [0.4, 0.5) is 17.6 Å². The molecule has 5 rings (SSSR count). The zero-order chi connectivity index (χ0) is 22.1. The molecule has 0 amide bonds. The molecule has 0 aromatic carbocycles. The van der Waals surface area contributed by atoms with Crippen molar-refractivity contribution in [2.24, 2.45) is 0 Å². The number of hydrogen-bond acceptors (Lipinski definition) is 9. The number of H-pyrrole nitrogens is 1. The van der Waals surface area contributed by atoms with E-state index in [0.29, 0.717) is 37.1 Å². The highest BCUT2D eigenvalue weighted by atomic mass is 32.1. The van der Waals surface area contributed by atoms with Gasteiger partial charge in [0.25, 0.3) is 0 Å². The monoisotopic (exact) mass is 452 g/mol. The van der Waals surface area contributed by atoms with Gasteiger partial charge in [-0.2, -0.15) is 15.3 Å². The van der Waals surface area contributed by atoms with Crippen LogP contribution in [0.2, 0.25) is 0 Å². The smallest absolute Gasteiger partial charge is 0.226 e. The summed E-state index contributed by atoms with van der Waals surface area (Å²) >= 11 is 1.63. The van der Waals surface area contributed by atoms with Gasteiger partial charge in [0.1, 0.15) is 10.6 Å². The highest BCUT2D eigenvalue weighted by Gasteiger charge is 2.40. The van der Waals surface area contributed by atoms with Crippen LogP contribution in [0.25, 0.3) is 10.2 Å². The highest BCUT2D eigenvalue weighted by molar-refractivity contribution is 7.18. The number of thiophene rings is 1. The van der Waals surface area contributed by atoms with Crippen molar-refractivity contribution in [3.63, 3.8) is 0 Å². The maximum absolute atomic E-state index is 8.97. The molecule has 2 aliphatic heterocycles. The number of aryl methyl sites for hydroxylation is 1. The Labute approximate surface area is 191 Å². The van der Waals surface area contributed by atoms with Crippen molar-refractivity contribution in [2.45, 2.75) is 63.8 Å². The summed E-state index contributed by atoms with van der Waals surface area (Å²) in [5, 5.41) is 24.2. The molecule has 2 bridgehead atoms. The van der Waals surface area contributed by atoms with Gasteiger partial charge in [-0.1, -0.05) is 0 Å². The van der Waals surface area contributed by atoms with Crippen LogP contribution in [0, 0.1) is 18.3 Å². The lowest BCUT2D eigenvalue weighted by molar-refractivity contribution is 0.135. The average molecular weight is 453 g/mol. The van der Waals surface area contributed by atoms with E-state index in [-0.39, 0.29) is 0 Å². The number of anilines is 3. The van der Waals surface area contributed by atoms with Gasteiger partial charge in [0.2, 0.25) is 5.95 Å². The van der Waals surface area contributed by atoms with Crippen molar-refractivity contribution in [1.29, 1.82) is 5.26 Å². The number of piperidine rings is 1. The van der Waals surface area contributed by atoms with Crippen molar-refractivity contribution < 1.29 is 4.74 Å². The van der Waals surface area contributed by atoms with Crippen LogP contribution in [0.5, 0.6) is 0 Å². The normalized spacial score (nSPS) is 22.8. The Morgan fingerprint density at radius 1 is 1.28 bits per heavy atom. The molecule has 5 heterocycles. The topological polar surface area (TPSA) is 115 Å². The SMILES string of the molecule is COCc1cc2c(Nc3cc(C)[nH]n3)nc(NC3CC4CCC(C3)N4CCC#N)nc2s1. The minimum absolute atomic E-state index is 0.335.